The third kappa shape index (κ3) is 27.5. The van der Waals surface area contributed by atoms with Gasteiger partial charge in [-0.1, -0.05) is 141 Å². The molecule has 0 N–H and O–H groups in total. The number of carbonyl (C=O) groups is 6. The monoisotopic (exact) mass is 2160 g/mol. The summed E-state index contributed by atoms with van der Waals surface area (Å²) in [5, 5.41) is 2.17. The number of halogens is 5. The number of aromatic nitrogens is 5. The van der Waals surface area contributed by atoms with E-state index in [1.165, 1.54) is 65.0 Å². The van der Waals surface area contributed by atoms with Gasteiger partial charge in [0.15, 0.2) is 56.1 Å². The van der Waals surface area contributed by atoms with E-state index < -0.39 is 0 Å². The molecule has 7 aliphatic rings. The Morgan fingerprint density at radius 1 is 0.327 bits per heavy atom. The lowest BCUT2D eigenvalue weighted by molar-refractivity contribution is 0.0497. The minimum atomic E-state index is -0.332. The summed E-state index contributed by atoms with van der Waals surface area (Å²) in [6, 6.07) is 24.9. The number of rotatable bonds is 31. The molecule has 5 unspecified atom stereocenters. The predicted molar refractivity (Wildman–Crippen MR) is 579 cm³/mol. The molecule has 0 radical (unpaired) electrons. The first kappa shape index (κ1) is 115. The molecule has 2 saturated heterocycles. The number of amides is 1. The number of unbranched alkanes of at least 4 members (excludes halogenated alkanes) is 1. The van der Waals surface area contributed by atoms with Crippen LogP contribution in [0.4, 0.5) is 4.79 Å². The fraction of sp³-hybridized carbons (Fsp3) is 0.465. The number of pyridine rings is 5. The molecule has 7 aliphatic heterocycles. The molecule has 150 heavy (non-hydrogen) atoms. The number of cyclic esters (lactones) is 1. The largest absolute Gasteiger partial charge is 0.492 e. The van der Waals surface area contributed by atoms with Crippen LogP contribution in [0.15, 0.2) is 146 Å². The van der Waals surface area contributed by atoms with Gasteiger partial charge in [0.1, 0.15) is 104 Å². The van der Waals surface area contributed by atoms with Gasteiger partial charge < -0.3 is 94.1 Å². The van der Waals surface area contributed by atoms with Crippen molar-refractivity contribution in [3.05, 3.63) is 226 Å². The van der Waals surface area contributed by atoms with E-state index in [4.69, 9.17) is 124 Å². The Hall–Kier alpha value is -12.2. The number of carbonyl (C=O) groups excluding carboxylic acids is 6. The summed E-state index contributed by atoms with van der Waals surface area (Å²) in [5.41, 5.74) is 6.22. The number of benzene rings is 5. The predicted octanol–water partition coefficient (Wildman–Crippen LogP) is 22.7. The average molecular weight is 2160 g/mol. The summed E-state index contributed by atoms with van der Waals surface area (Å²) < 4.78 is 90.0. The third-order valence-corrected chi connectivity index (χ3v) is 28.6. The van der Waals surface area contributed by atoms with Crippen molar-refractivity contribution in [2.45, 2.75) is 180 Å². The second kappa shape index (κ2) is 51.7. The number of hydrogen-bond acceptors (Lipinski definition) is 25. The summed E-state index contributed by atoms with van der Waals surface area (Å²) in [7, 11) is 3.27. The molecule has 0 bridgehead atoms. The second-order valence-electron chi connectivity index (χ2n) is 40.3. The Balaban J connectivity index is 0.000000156. The fourth-order valence-corrected chi connectivity index (χ4v) is 19.5. The molecular weight excluding hydrogens is 2030 g/mol. The van der Waals surface area contributed by atoms with E-state index in [-0.39, 0.29) is 150 Å². The van der Waals surface area contributed by atoms with Gasteiger partial charge in [-0.25, -0.2) is 4.79 Å². The van der Waals surface area contributed by atoms with Crippen LogP contribution in [-0.2, 0) is 18.9 Å². The fourth-order valence-electron chi connectivity index (χ4n) is 18.4. The number of ketones is 5. The van der Waals surface area contributed by atoms with Gasteiger partial charge in [0.25, 0.3) is 0 Å². The highest BCUT2D eigenvalue weighted by atomic mass is 35.5. The molecule has 5 atom stereocenters. The van der Waals surface area contributed by atoms with Crippen molar-refractivity contribution in [1.82, 2.24) is 27.7 Å². The van der Waals surface area contributed by atoms with Crippen molar-refractivity contribution in [2.75, 3.05) is 126 Å². The number of nitrogens with zero attached hydrogens (tertiary/aromatic N) is 6. The van der Waals surface area contributed by atoms with Gasteiger partial charge in [-0.3, -0.25) is 47.9 Å². The van der Waals surface area contributed by atoms with Crippen molar-refractivity contribution in [2.24, 2.45) is 41.4 Å². The van der Waals surface area contributed by atoms with Gasteiger partial charge in [0, 0.05) is 160 Å². The molecule has 17 rings (SSSR count). The molecule has 0 spiro atoms. The summed E-state index contributed by atoms with van der Waals surface area (Å²) in [4.78, 5) is 136. The molecule has 5 aromatic carbocycles. The smallest absolute Gasteiger partial charge is 0.409 e. The molecule has 12 heterocycles. The van der Waals surface area contributed by atoms with Crippen LogP contribution < -0.4 is 74.5 Å². The number of Topliss-reactive ketones (excluding diaryl/α,β-unsaturated/α-hetero) is 5. The van der Waals surface area contributed by atoms with Gasteiger partial charge in [0.05, 0.1) is 151 Å². The van der Waals surface area contributed by atoms with Crippen LogP contribution in [0.2, 0.25) is 25.1 Å². The molecular formula is C114H133Cl5N6O25. The van der Waals surface area contributed by atoms with E-state index >= 15 is 0 Å². The Morgan fingerprint density at radius 3 is 0.853 bits per heavy atom. The van der Waals surface area contributed by atoms with E-state index in [9.17, 15) is 52.7 Å². The highest BCUT2D eigenvalue weighted by molar-refractivity contribution is 6.34. The minimum Gasteiger partial charge on any atom is -0.492 e. The van der Waals surface area contributed by atoms with Crippen molar-refractivity contribution < 1.29 is 95.1 Å². The molecule has 0 aliphatic carbocycles. The first-order valence-electron chi connectivity index (χ1n) is 50.8. The van der Waals surface area contributed by atoms with Crippen molar-refractivity contribution in [1.29, 1.82) is 0 Å². The van der Waals surface area contributed by atoms with Gasteiger partial charge in [0.2, 0.25) is 0 Å². The summed E-state index contributed by atoms with van der Waals surface area (Å²) in [6.45, 7) is 40.6. The molecule has 10 aromatic rings. The van der Waals surface area contributed by atoms with E-state index in [0.717, 1.165) is 50.0 Å². The van der Waals surface area contributed by atoms with Crippen molar-refractivity contribution >= 4 is 93.0 Å². The van der Waals surface area contributed by atoms with Gasteiger partial charge in [-0.05, 0) is 138 Å². The quantitative estimate of drug-likeness (QED) is 0.0288. The molecule has 0 saturated carbocycles. The highest BCUT2D eigenvalue weighted by Gasteiger charge is 2.36. The average Bonchev–Trinajstić information content (AvgIpc) is 1.58. The van der Waals surface area contributed by atoms with E-state index in [2.05, 4.69) is 83.1 Å². The van der Waals surface area contributed by atoms with Crippen LogP contribution in [0, 0.1) is 41.4 Å². The second-order valence-corrected chi connectivity index (χ2v) is 42.3. The van der Waals surface area contributed by atoms with E-state index in [0.29, 0.717) is 245 Å². The maximum Gasteiger partial charge on any atom is 0.409 e. The lowest BCUT2D eigenvalue weighted by Crippen LogP contribution is -2.26. The number of hydrogen-bond donors (Lipinski definition) is 0. The normalized spacial score (nSPS) is 16.5. The number of methoxy groups -OCH3 is 2. The first-order valence-corrected chi connectivity index (χ1v) is 52.7. The maximum atomic E-state index is 12.6. The molecule has 1 amide bonds. The zero-order valence-corrected chi connectivity index (χ0v) is 92.1. The van der Waals surface area contributed by atoms with Gasteiger partial charge in [-0.15, -0.1) is 0 Å². The Morgan fingerprint density at radius 2 is 0.593 bits per heavy atom. The van der Waals surface area contributed by atoms with Crippen LogP contribution in [0.1, 0.15) is 232 Å². The zero-order valence-electron chi connectivity index (χ0n) is 88.3. The van der Waals surface area contributed by atoms with Gasteiger partial charge >= 0.3 is 6.09 Å². The molecule has 804 valence electrons. The first-order chi connectivity index (χ1) is 71.4. The zero-order chi connectivity index (χ0) is 109. The summed E-state index contributed by atoms with van der Waals surface area (Å²) in [6.07, 6.45) is 12.3. The molecule has 36 heteroatoms. The lowest BCUT2D eigenvalue weighted by atomic mass is 10.0. The molecule has 2 fully saturated rings. The maximum absolute atomic E-state index is 12.6. The van der Waals surface area contributed by atoms with Crippen LogP contribution in [0.3, 0.4) is 0 Å². The van der Waals surface area contributed by atoms with E-state index in [1.54, 1.807) is 105 Å². The number of fused-ring (bicyclic) bond motifs is 15. The molecule has 31 nitrogen and oxygen atoms in total. The van der Waals surface area contributed by atoms with Crippen molar-refractivity contribution in [3.8, 4) is 114 Å². The Kier molecular flexibility index (Phi) is 39.6. The third-order valence-electron chi connectivity index (χ3n) is 27.1. The summed E-state index contributed by atoms with van der Waals surface area (Å²) in [5.74, 6) is 6.30. The highest BCUT2D eigenvalue weighted by Crippen LogP contribution is 2.50. The lowest BCUT2D eigenvalue weighted by Gasteiger charge is -2.24. The minimum absolute atomic E-state index is 0.0279. The van der Waals surface area contributed by atoms with E-state index in [1.807, 2.05) is 28.9 Å². The van der Waals surface area contributed by atoms with Gasteiger partial charge in [-0.2, -0.15) is 0 Å². The Labute approximate surface area is 897 Å². The van der Waals surface area contributed by atoms with Crippen molar-refractivity contribution in [3.63, 3.8) is 0 Å². The summed E-state index contributed by atoms with van der Waals surface area (Å²) >= 11 is 32.5. The van der Waals surface area contributed by atoms with Crippen LogP contribution in [0.5, 0.6) is 57.5 Å². The topological polar surface area (TPSA) is 345 Å². The number of ether oxygens (including phenoxy) is 14. The standard InChI is InChI=1S/C24H27ClN2O6.C24H28ClNO5.C23H28ClNO5.C22H26ClNO4.C21H24ClNO5/c1-14(2)20-13-33-22-11-23(31-7-4-5-26-6-8-32-24(26)30)18(25)9-16(22)19-10-21(29)17(15(3)28)12-27(19)20;1-14(2)21-13-31-23-10-24(30-12-16-4-6-29-7-5-16)19(25)8-17(23)20-9-22(28)18(15(3)27)11-26(20)21;1-14(2)20-13-30-22-11-23(29-8-6-5-7-28-4)18(24)9-16(22)19-10-21(27)17(15(3)26)12-25(19)20;1-12(2)10-27-22-8-21-15(6-17(22)23)18-7-20(26)16(14(5)25)9-24(18)19(11-28-21)13(3)4;1-12(2)18-11-28-20-9-21(27-6-5-26-4)16(22)7-14(20)17-8-19(25)15(13(3)24)10-23(17)18/h9-12,14,20H,4-8,13H2,1-3H3;8-11,14,16,21H,4-7,12-13H2,1-3H3;9-12,14,20H,5-8,13H2,1-4H3;6-9,12-13,19H,10-11H2,1-5H3;7-10,12,18H,5-6,11H2,1-4H3. The van der Waals surface area contributed by atoms with Crippen LogP contribution in [-0.4, -0.2) is 189 Å². The Bertz CT molecular complexity index is 6970. The SMILES string of the molecule is CC(=O)c1cn2c(cc1=O)-c1cc(Cl)c(OCC(C)C)cc1OCC2C(C)C.CC(=O)c1cn2c(cc1=O)-c1cc(Cl)c(OCC3CCOCC3)cc1OCC2C(C)C.CC(=O)c1cn2c(cc1=O)-c1cc(Cl)c(OCCCN3CCOC3=O)cc1OCC2C(C)C.COCCCCOc1cc2c(cc1Cl)-c1cc(=O)c(C(C)=O)cn1C(C(C)C)CO2.COCCOc1cc2c(cc1Cl)-c1cc(=O)c(C(C)=O)cn1C(C(C)C)CO2. The van der Waals surface area contributed by atoms with Crippen LogP contribution >= 0.6 is 58.0 Å². The van der Waals surface area contributed by atoms with Crippen LogP contribution in [0.25, 0.3) is 56.3 Å². The molecule has 5 aromatic heterocycles.